The number of thiazole rings is 1. The van der Waals surface area contributed by atoms with Crippen LogP contribution in [-0.4, -0.2) is 66.1 Å². The molecule has 2 aromatic heterocycles. The molecule has 2 N–H and O–H groups in total. The van der Waals surface area contributed by atoms with Gasteiger partial charge in [-0.2, -0.15) is 0 Å². The van der Waals surface area contributed by atoms with Crippen LogP contribution >= 0.6 is 11.3 Å². The van der Waals surface area contributed by atoms with Gasteiger partial charge in [0.15, 0.2) is 4.96 Å². The molecule has 7 nitrogen and oxygen atoms in total. The number of hydrogen-bond acceptors (Lipinski definition) is 6. The third kappa shape index (κ3) is 4.41. The van der Waals surface area contributed by atoms with Gasteiger partial charge in [0.25, 0.3) is 5.91 Å². The van der Waals surface area contributed by atoms with Crippen LogP contribution in [0.25, 0.3) is 26.4 Å². The van der Waals surface area contributed by atoms with Gasteiger partial charge in [-0.3, -0.25) is 9.20 Å². The first-order valence-corrected chi connectivity index (χ1v) is 13.3. The standard InChI is InChI=1S/C27H30FN5O2S/c1-32-9-7-18(8-10-32)30-26(34)17-4-6-24-25(12-17)36-27-31-23(15-33(24)27)20-5-3-16(11-21(20)28)22-13-19(35-2)14-29-22/h3-6,11-12,15,18-19,22,29H,7-10,13-14H2,1-2H3,(H,30,34)/t19-,22-/m0/s1. The number of likely N-dealkylation sites (tertiary alicyclic amines) is 1. The molecule has 1 amide bonds. The van der Waals surface area contributed by atoms with Crippen molar-refractivity contribution in [1.29, 1.82) is 0 Å². The predicted octanol–water partition coefficient (Wildman–Crippen LogP) is 4.23. The minimum Gasteiger partial charge on any atom is -0.380 e. The molecular formula is C27H30FN5O2S. The van der Waals surface area contributed by atoms with E-state index in [9.17, 15) is 4.79 Å². The second-order valence-electron chi connectivity index (χ2n) is 9.91. The number of imidazole rings is 1. The molecule has 188 valence electrons. The number of methoxy groups -OCH3 is 1. The van der Waals surface area contributed by atoms with Crippen molar-refractivity contribution in [2.45, 2.75) is 37.5 Å². The zero-order valence-electron chi connectivity index (χ0n) is 20.5. The summed E-state index contributed by atoms with van der Waals surface area (Å²) >= 11 is 1.51. The fourth-order valence-corrected chi connectivity index (χ4v) is 6.33. The number of ether oxygens (including phenoxy) is 1. The first kappa shape index (κ1) is 23.5. The highest BCUT2D eigenvalue weighted by Gasteiger charge is 2.26. The van der Waals surface area contributed by atoms with Crippen LogP contribution in [0, 0.1) is 5.82 Å². The van der Waals surface area contributed by atoms with Crippen molar-refractivity contribution in [1.82, 2.24) is 24.9 Å². The fraction of sp³-hybridized carbons (Fsp3) is 0.407. The number of piperidine rings is 1. The van der Waals surface area contributed by atoms with E-state index in [1.165, 1.54) is 11.3 Å². The van der Waals surface area contributed by atoms with Crippen LogP contribution in [0.4, 0.5) is 4.39 Å². The molecule has 6 rings (SSSR count). The summed E-state index contributed by atoms with van der Waals surface area (Å²) in [5, 5.41) is 6.57. The molecule has 0 unspecified atom stereocenters. The van der Waals surface area contributed by atoms with Crippen molar-refractivity contribution in [3.05, 3.63) is 59.5 Å². The van der Waals surface area contributed by atoms with Gasteiger partial charge in [0.1, 0.15) is 5.82 Å². The monoisotopic (exact) mass is 507 g/mol. The first-order valence-electron chi connectivity index (χ1n) is 12.5. The predicted molar refractivity (Wildman–Crippen MR) is 140 cm³/mol. The van der Waals surface area contributed by atoms with Crippen LogP contribution in [0.1, 0.15) is 41.2 Å². The van der Waals surface area contributed by atoms with E-state index in [-0.39, 0.29) is 29.9 Å². The highest BCUT2D eigenvalue weighted by molar-refractivity contribution is 7.23. The molecular weight excluding hydrogens is 477 g/mol. The number of rotatable bonds is 5. The second kappa shape index (κ2) is 9.55. The maximum absolute atomic E-state index is 15.1. The van der Waals surface area contributed by atoms with Crippen molar-refractivity contribution in [3.8, 4) is 11.3 Å². The van der Waals surface area contributed by atoms with Crippen molar-refractivity contribution in [3.63, 3.8) is 0 Å². The van der Waals surface area contributed by atoms with Gasteiger partial charge in [-0.25, -0.2) is 9.37 Å². The maximum atomic E-state index is 15.1. The lowest BCUT2D eigenvalue weighted by Crippen LogP contribution is -2.43. The summed E-state index contributed by atoms with van der Waals surface area (Å²) < 4.78 is 23.5. The molecule has 2 aliphatic rings. The van der Waals surface area contributed by atoms with E-state index in [2.05, 4.69) is 22.6 Å². The summed E-state index contributed by atoms with van der Waals surface area (Å²) in [6, 6.07) is 11.4. The molecule has 0 spiro atoms. The molecule has 0 saturated carbocycles. The largest absolute Gasteiger partial charge is 0.380 e. The lowest BCUT2D eigenvalue weighted by Gasteiger charge is -2.29. The van der Waals surface area contributed by atoms with Crippen LogP contribution in [0.2, 0.25) is 0 Å². The summed E-state index contributed by atoms with van der Waals surface area (Å²) in [7, 11) is 3.82. The van der Waals surface area contributed by atoms with Crippen LogP contribution < -0.4 is 10.6 Å². The number of aromatic nitrogens is 2. The van der Waals surface area contributed by atoms with Crippen molar-refractivity contribution < 1.29 is 13.9 Å². The molecule has 4 aromatic rings. The molecule has 2 aliphatic heterocycles. The van der Waals surface area contributed by atoms with Gasteiger partial charge >= 0.3 is 0 Å². The average molecular weight is 508 g/mol. The highest BCUT2D eigenvalue weighted by atomic mass is 32.1. The number of halogens is 1. The Kier molecular flexibility index (Phi) is 6.25. The van der Waals surface area contributed by atoms with Gasteiger partial charge in [-0.05, 0) is 75.3 Å². The molecule has 9 heteroatoms. The van der Waals surface area contributed by atoms with E-state index in [0.717, 1.165) is 59.6 Å². The second-order valence-corrected chi connectivity index (χ2v) is 10.9. The quantitative estimate of drug-likeness (QED) is 0.423. The number of carbonyl (C=O) groups excluding carboxylic acids is 1. The smallest absolute Gasteiger partial charge is 0.251 e. The first-order chi connectivity index (χ1) is 17.5. The van der Waals surface area contributed by atoms with Crippen LogP contribution in [0.3, 0.4) is 0 Å². The molecule has 4 heterocycles. The maximum Gasteiger partial charge on any atom is 0.251 e. The third-order valence-corrected chi connectivity index (χ3v) is 8.52. The number of amides is 1. The Labute approximate surface area is 213 Å². The van der Waals surface area contributed by atoms with E-state index in [4.69, 9.17) is 9.72 Å². The Bertz CT molecular complexity index is 1420. The van der Waals surface area contributed by atoms with Gasteiger partial charge < -0.3 is 20.3 Å². The van der Waals surface area contributed by atoms with Crippen LogP contribution in [0.5, 0.6) is 0 Å². The Morgan fingerprint density at radius 1 is 1.22 bits per heavy atom. The van der Waals surface area contributed by atoms with Gasteiger partial charge in [0, 0.05) is 43.1 Å². The van der Waals surface area contributed by atoms with E-state index < -0.39 is 0 Å². The number of nitrogens with zero attached hydrogens (tertiary/aromatic N) is 3. The minimum atomic E-state index is -0.280. The lowest BCUT2D eigenvalue weighted by atomic mass is 10.0. The van der Waals surface area contributed by atoms with Crippen molar-refractivity contribution in [2.75, 3.05) is 33.8 Å². The lowest BCUT2D eigenvalue weighted by molar-refractivity contribution is 0.0917. The molecule has 2 fully saturated rings. The summed E-state index contributed by atoms with van der Waals surface area (Å²) in [5.41, 5.74) is 3.63. The van der Waals surface area contributed by atoms with Crippen molar-refractivity contribution >= 4 is 32.4 Å². The summed E-state index contributed by atoms with van der Waals surface area (Å²) in [5.74, 6) is -0.313. The Morgan fingerprint density at radius 3 is 2.81 bits per heavy atom. The number of carbonyl (C=O) groups is 1. The van der Waals surface area contributed by atoms with Crippen molar-refractivity contribution in [2.24, 2.45) is 0 Å². The number of hydrogen-bond donors (Lipinski definition) is 2. The molecule has 0 radical (unpaired) electrons. The molecule has 0 bridgehead atoms. The van der Waals surface area contributed by atoms with Gasteiger partial charge in [-0.15, -0.1) is 0 Å². The number of nitrogens with one attached hydrogen (secondary N) is 2. The van der Waals surface area contributed by atoms with Gasteiger partial charge in [0.05, 0.1) is 22.0 Å². The Hall–Kier alpha value is -2.85. The number of fused-ring (bicyclic) bond motifs is 3. The SMILES string of the molecule is CO[C@@H]1CN[C@H](c2ccc(-c3cn4c(n3)sc3cc(C(=O)NC5CCN(C)CC5)ccc34)c(F)c2)C1. The Balaban J connectivity index is 1.22. The third-order valence-electron chi connectivity index (χ3n) is 7.51. The molecule has 0 aliphatic carbocycles. The van der Waals surface area contributed by atoms with Gasteiger partial charge in [-0.1, -0.05) is 17.4 Å². The van der Waals surface area contributed by atoms with E-state index >= 15 is 4.39 Å². The molecule has 2 saturated heterocycles. The summed E-state index contributed by atoms with van der Waals surface area (Å²) in [6.07, 6.45) is 4.82. The van der Waals surface area contributed by atoms with E-state index in [1.54, 1.807) is 13.2 Å². The topological polar surface area (TPSA) is 70.9 Å². The van der Waals surface area contributed by atoms with E-state index in [0.29, 0.717) is 16.8 Å². The van der Waals surface area contributed by atoms with E-state index in [1.807, 2.05) is 40.9 Å². The summed E-state index contributed by atoms with van der Waals surface area (Å²) in [6.45, 7) is 2.78. The zero-order chi connectivity index (χ0) is 24.8. The number of benzene rings is 2. The van der Waals surface area contributed by atoms with Gasteiger partial charge in [0.2, 0.25) is 0 Å². The minimum absolute atomic E-state index is 0.0334. The van der Waals surface area contributed by atoms with Crippen LogP contribution in [0.15, 0.2) is 42.6 Å². The van der Waals surface area contributed by atoms with Crippen LogP contribution in [-0.2, 0) is 4.74 Å². The fourth-order valence-electron chi connectivity index (χ4n) is 5.29. The zero-order valence-corrected chi connectivity index (χ0v) is 21.3. The summed E-state index contributed by atoms with van der Waals surface area (Å²) in [4.78, 5) is 20.6. The average Bonchev–Trinajstić information content (AvgIpc) is 3.59. The molecule has 2 atom stereocenters. The molecule has 36 heavy (non-hydrogen) atoms. The highest BCUT2D eigenvalue weighted by Crippen LogP contribution is 2.33. The normalized spacial score (nSPS) is 21.5. The molecule has 2 aromatic carbocycles. The Morgan fingerprint density at radius 2 is 2.06 bits per heavy atom.